The molecule has 1 aliphatic rings. The van der Waals surface area contributed by atoms with Gasteiger partial charge in [-0.1, -0.05) is 13.8 Å². The Morgan fingerprint density at radius 3 is 2.37 bits per heavy atom. The van der Waals surface area contributed by atoms with Gasteiger partial charge in [0.2, 0.25) is 0 Å². The number of carboxylic acids is 1. The molecule has 0 aliphatic carbocycles. The van der Waals surface area contributed by atoms with Crippen molar-refractivity contribution >= 4 is 12.0 Å². The number of amides is 2. The molecule has 19 heavy (non-hydrogen) atoms. The Bertz CT molecular complexity index is 312. The van der Waals surface area contributed by atoms with Crippen LogP contribution in [0.1, 0.15) is 33.6 Å². The van der Waals surface area contributed by atoms with Crippen LogP contribution in [0.2, 0.25) is 0 Å². The van der Waals surface area contributed by atoms with Crippen molar-refractivity contribution in [1.82, 2.24) is 10.2 Å². The molecule has 1 fully saturated rings. The van der Waals surface area contributed by atoms with Crippen molar-refractivity contribution in [2.45, 2.75) is 45.8 Å². The van der Waals surface area contributed by atoms with Crippen LogP contribution in [0.3, 0.4) is 0 Å². The van der Waals surface area contributed by atoms with Crippen molar-refractivity contribution in [2.24, 2.45) is 5.92 Å². The lowest BCUT2D eigenvalue weighted by molar-refractivity contribution is -0.145. The van der Waals surface area contributed by atoms with Gasteiger partial charge in [0.05, 0.1) is 6.10 Å². The number of rotatable bonds is 5. The van der Waals surface area contributed by atoms with Crippen LogP contribution >= 0.6 is 0 Å². The van der Waals surface area contributed by atoms with E-state index in [1.54, 1.807) is 4.90 Å². The molecule has 110 valence electrons. The van der Waals surface area contributed by atoms with Crippen LogP contribution in [0.4, 0.5) is 4.79 Å². The second kappa shape index (κ2) is 7.33. The summed E-state index contributed by atoms with van der Waals surface area (Å²) in [5.74, 6) is -0.550. The molecule has 1 rings (SSSR count). The Morgan fingerprint density at radius 1 is 1.32 bits per heavy atom. The van der Waals surface area contributed by atoms with Crippen molar-refractivity contribution in [2.75, 3.05) is 19.7 Å². The molecule has 1 saturated heterocycles. The molecule has 1 heterocycles. The molecule has 0 saturated carbocycles. The SMILES string of the molecule is CC(C)C(C)NC(=O)N1CCC(OCC(=O)O)CC1. The lowest BCUT2D eigenvalue weighted by Gasteiger charge is -2.33. The third-order valence-corrected chi connectivity index (χ3v) is 3.52. The first kappa shape index (κ1) is 15.8. The number of carboxylic acid groups (broad SMARTS) is 1. The van der Waals surface area contributed by atoms with Crippen molar-refractivity contribution in [3.8, 4) is 0 Å². The van der Waals surface area contributed by atoms with E-state index >= 15 is 0 Å². The van der Waals surface area contributed by atoms with Gasteiger partial charge in [0.15, 0.2) is 0 Å². The third-order valence-electron chi connectivity index (χ3n) is 3.52. The van der Waals surface area contributed by atoms with E-state index in [9.17, 15) is 9.59 Å². The zero-order valence-electron chi connectivity index (χ0n) is 11.9. The molecule has 2 N–H and O–H groups in total. The van der Waals surface area contributed by atoms with Crippen LogP contribution in [0.15, 0.2) is 0 Å². The molecule has 0 aromatic rings. The summed E-state index contributed by atoms with van der Waals surface area (Å²) in [5, 5.41) is 11.5. The van der Waals surface area contributed by atoms with Gasteiger partial charge < -0.3 is 20.1 Å². The van der Waals surface area contributed by atoms with Gasteiger partial charge in [-0.3, -0.25) is 0 Å². The maximum atomic E-state index is 12.0. The standard InChI is InChI=1S/C13H24N2O4/c1-9(2)10(3)14-13(18)15-6-4-11(5-7-15)19-8-12(16)17/h9-11H,4-8H2,1-3H3,(H,14,18)(H,16,17). The Labute approximate surface area is 114 Å². The monoisotopic (exact) mass is 272 g/mol. The van der Waals surface area contributed by atoms with Crippen LogP contribution < -0.4 is 5.32 Å². The number of nitrogens with zero attached hydrogens (tertiary/aromatic N) is 1. The molecular formula is C13H24N2O4. The van der Waals surface area contributed by atoms with Gasteiger partial charge in [-0.25, -0.2) is 9.59 Å². The number of carbonyl (C=O) groups is 2. The minimum Gasteiger partial charge on any atom is -0.480 e. The zero-order valence-corrected chi connectivity index (χ0v) is 11.9. The molecule has 0 radical (unpaired) electrons. The molecule has 0 aromatic heterocycles. The van der Waals surface area contributed by atoms with Crippen molar-refractivity contribution in [1.29, 1.82) is 0 Å². The number of likely N-dealkylation sites (tertiary alicyclic amines) is 1. The van der Waals surface area contributed by atoms with E-state index in [0.29, 0.717) is 31.8 Å². The highest BCUT2D eigenvalue weighted by atomic mass is 16.5. The van der Waals surface area contributed by atoms with Crippen molar-refractivity contribution < 1.29 is 19.4 Å². The number of urea groups is 1. The highest BCUT2D eigenvalue weighted by molar-refractivity contribution is 5.74. The molecular weight excluding hydrogens is 248 g/mol. The lowest BCUT2D eigenvalue weighted by Crippen LogP contribution is -2.49. The Balaban J connectivity index is 2.29. The molecule has 6 heteroatoms. The van der Waals surface area contributed by atoms with Crippen LogP contribution in [-0.2, 0) is 9.53 Å². The van der Waals surface area contributed by atoms with E-state index in [-0.39, 0.29) is 24.8 Å². The average molecular weight is 272 g/mol. The van der Waals surface area contributed by atoms with E-state index in [1.165, 1.54) is 0 Å². The van der Waals surface area contributed by atoms with E-state index in [0.717, 1.165) is 0 Å². The molecule has 1 atom stereocenters. The summed E-state index contributed by atoms with van der Waals surface area (Å²) in [7, 11) is 0. The number of hydrogen-bond acceptors (Lipinski definition) is 3. The third kappa shape index (κ3) is 5.46. The predicted octanol–water partition coefficient (Wildman–Crippen LogP) is 1.31. The van der Waals surface area contributed by atoms with E-state index in [4.69, 9.17) is 9.84 Å². The molecule has 1 aliphatic heterocycles. The lowest BCUT2D eigenvalue weighted by atomic mass is 10.1. The first-order valence-electron chi connectivity index (χ1n) is 6.79. The fourth-order valence-corrected chi connectivity index (χ4v) is 1.87. The van der Waals surface area contributed by atoms with Crippen LogP contribution in [0.5, 0.6) is 0 Å². The first-order chi connectivity index (χ1) is 8.90. The number of ether oxygens (including phenoxy) is 1. The number of carbonyl (C=O) groups excluding carboxylic acids is 1. The predicted molar refractivity (Wildman–Crippen MR) is 71.0 cm³/mol. The maximum Gasteiger partial charge on any atom is 0.329 e. The topological polar surface area (TPSA) is 78.9 Å². The molecule has 0 aromatic carbocycles. The summed E-state index contributed by atoms with van der Waals surface area (Å²) in [6.45, 7) is 7.09. The summed E-state index contributed by atoms with van der Waals surface area (Å²) < 4.78 is 5.23. The number of nitrogens with one attached hydrogen (secondary N) is 1. The summed E-state index contributed by atoms with van der Waals surface area (Å²) in [5.41, 5.74) is 0. The number of hydrogen-bond donors (Lipinski definition) is 2. The molecule has 2 amide bonds. The zero-order chi connectivity index (χ0) is 14.4. The fourth-order valence-electron chi connectivity index (χ4n) is 1.87. The smallest absolute Gasteiger partial charge is 0.329 e. The average Bonchev–Trinajstić information content (AvgIpc) is 2.36. The minimum atomic E-state index is -0.953. The van der Waals surface area contributed by atoms with E-state index < -0.39 is 5.97 Å². The highest BCUT2D eigenvalue weighted by Crippen LogP contribution is 2.14. The summed E-state index contributed by atoms with van der Waals surface area (Å²) >= 11 is 0. The summed E-state index contributed by atoms with van der Waals surface area (Å²) in [4.78, 5) is 24.1. The Morgan fingerprint density at radius 2 is 1.89 bits per heavy atom. The Hall–Kier alpha value is -1.30. The molecule has 1 unspecified atom stereocenters. The second-order valence-corrected chi connectivity index (χ2v) is 5.37. The van der Waals surface area contributed by atoms with Crippen molar-refractivity contribution in [3.05, 3.63) is 0 Å². The fraction of sp³-hybridized carbons (Fsp3) is 0.846. The highest BCUT2D eigenvalue weighted by Gasteiger charge is 2.24. The van der Waals surface area contributed by atoms with Crippen LogP contribution in [-0.4, -0.2) is 53.8 Å². The maximum absolute atomic E-state index is 12.0. The van der Waals surface area contributed by atoms with Crippen LogP contribution in [0.25, 0.3) is 0 Å². The van der Waals surface area contributed by atoms with Gasteiger partial charge in [-0.2, -0.15) is 0 Å². The molecule has 0 bridgehead atoms. The summed E-state index contributed by atoms with van der Waals surface area (Å²) in [6.07, 6.45) is 1.33. The van der Waals surface area contributed by atoms with Gasteiger partial charge >= 0.3 is 12.0 Å². The van der Waals surface area contributed by atoms with Gasteiger partial charge in [0.25, 0.3) is 0 Å². The van der Waals surface area contributed by atoms with Gasteiger partial charge in [-0.15, -0.1) is 0 Å². The quantitative estimate of drug-likeness (QED) is 0.791. The number of piperidine rings is 1. The number of aliphatic carboxylic acids is 1. The summed E-state index contributed by atoms with van der Waals surface area (Å²) in [6, 6.07) is 0.103. The van der Waals surface area contributed by atoms with Crippen molar-refractivity contribution in [3.63, 3.8) is 0 Å². The van der Waals surface area contributed by atoms with E-state index in [2.05, 4.69) is 19.2 Å². The Kier molecular flexibility index (Phi) is 6.08. The van der Waals surface area contributed by atoms with Gasteiger partial charge in [0.1, 0.15) is 6.61 Å². The normalized spacial score (nSPS) is 18.4. The first-order valence-corrected chi connectivity index (χ1v) is 6.79. The molecule has 6 nitrogen and oxygen atoms in total. The van der Waals surface area contributed by atoms with E-state index in [1.807, 2.05) is 6.92 Å². The van der Waals surface area contributed by atoms with Gasteiger partial charge in [-0.05, 0) is 25.7 Å². The molecule has 0 spiro atoms. The van der Waals surface area contributed by atoms with Gasteiger partial charge in [0, 0.05) is 19.1 Å². The largest absolute Gasteiger partial charge is 0.480 e. The minimum absolute atomic E-state index is 0.0436. The second-order valence-electron chi connectivity index (χ2n) is 5.37. The van der Waals surface area contributed by atoms with Crippen LogP contribution in [0, 0.1) is 5.92 Å².